The van der Waals surface area contributed by atoms with Gasteiger partial charge in [0.05, 0.1) is 18.4 Å². The number of halogens is 1. The molecule has 2 aliphatic heterocycles. The maximum absolute atomic E-state index is 9.16. The number of piperazine rings is 1. The first-order valence-corrected chi connectivity index (χ1v) is 9.30. The lowest BCUT2D eigenvalue weighted by molar-refractivity contribution is -0.0489. The van der Waals surface area contributed by atoms with Gasteiger partial charge < -0.3 is 9.84 Å². The Morgan fingerprint density at radius 3 is 2.57 bits per heavy atom. The average Bonchev–Trinajstić information content (AvgIpc) is 2.59. The molecule has 0 aliphatic carbocycles. The van der Waals surface area contributed by atoms with Crippen molar-refractivity contribution in [3.8, 4) is 0 Å². The van der Waals surface area contributed by atoms with Gasteiger partial charge in [-0.05, 0) is 40.9 Å². The molecular formula is C17H26BrN3O2. The molecule has 1 aromatic heterocycles. The molecule has 23 heavy (non-hydrogen) atoms. The SMILES string of the molecule is OCC1CCC(CN2CCN(Cc3ccc(Br)cn3)CC2)OC1. The van der Waals surface area contributed by atoms with E-state index >= 15 is 0 Å². The fraction of sp³-hybridized carbons (Fsp3) is 0.706. The van der Waals surface area contributed by atoms with Crippen LogP contribution < -0.4 is 0 Å². The Hall–Kier alpha value is -0.530. The molecule has 0 bridgehead atoms. The van der Waals surface area contributed by atoms with Crippen LogP contribution in [0.5, 0.6) is 0 Å². The maximum Gasteiger partial charge on any atom is 0.0702 e. The summed E-state index contributed by atoms with van der Waals surface area (Å²) in [6.07, 6.45) is 4.38. The molecule has 3 heterocycles. The van der Waals surface area contributed by atoms with Gasteiger partial charge in [-0.15, -0.1) is 0 Å². The molecule has 0 aromatic carbocycles. The summed E-state index contributed by atoms with van der Waals surface area (Å²) in [7, 11) is 0. The first-order valence-electron chi connectivity index (χ1n) is 8.50. The molecule has 0 amide bonds. The normalized spacial score (nSPS) is 27.2. The summed E-state index contributed by atoms with van der Waals surface area (Å²) in [5.74, 6) is 0.349. The van der Waals surface area contributed by atoms with E-state index in [4.69, 9.17) is 9.84 Å². The number of hydrogen-bond donors (Lipinski definition) is 1. The summed E-state index contributed by atoms with van der Waals surface area (Å²) in [5.41, 5.74) is 1.13. The van der Waals surface area contributed by atoms with E-state index in [1.165, 1.54) is 0 Å². The number of hydrogen-bond acceptors (Lipinski definition) is 5. The minimum absolute atomic E-state index is 0.259. The Morgan fingerprint density at radius 2 is 1.96 bits per heavy atom. The predicted octanol–water partition coefficient (Wildman–Crippen LogP) is 1.75. The van der Waals surface area contributed by atoms with Gasteiger partial charge in [-0.2, -0.15) is 0 Å². The van der Waals surface area contributed by atoms with Crippen molar-refractivity contribution in [3.63, 3.8) is 0 Å². The number of aliphatic hydroxyl groups is 1. The van der Waals surface area contributed by atoms with E-state index in [1.807, 2.05) is 6.20 Å². The summed E-state index contributed by atoms with van der Waals surface area (Å²) in [6, 6.07) is 4.14. The minimum Gasteiger partial charge on any atom is -0.396 e. The molecule has 2 unspecified atom stereocenters. The summed E-state index contributed by atoms with van der Waals surface area (Å²) in [4.78, 5) is 9.44. The standard InChI is InChI=1S/C17H26BrN3O2/c18-15-2-3-16(19-9-15)10-20-5-7-21(8-6-20)11-17-4-1-14(12-22)13-23-17/h2-3,9,14,17,22H,1,4-8,10-13H2. The third kappa shape index (κ3) is 5.22. The maximum atomic E-state index is 9.16. The van der Waals surface area contributed by atoms with E-state index < -0.39 is 0 Å². The highest BCUT2D eigenvalue weighted by Gasteiger charge is 2.25. The first-order chi connectivity index (χ1) is 11.2. The molecule has 128 valence electrons. The number of nitrogens with zero attached hydrogens (tertiary/aromatic N) is 3. The topological polar surface area (TPSA) is 48.8 Å². The van der Waals surface area contributed by atoms with Crippen LogP contribution in [-0.4, -0.2) is 71.9 Å². The van der Waals surface area contributed by atoms with Crippen molar-refractivity contribution in [2.75, 3.05) is 45.9 Å². The lowest BCUT2D eigenvalue weighted by Gasteiger charge is -2.37. The number of aliphatic hydroxyl groups excluding tert-OH is 1. The molecule has 2 fully saturated rings. The monoisotopic (exact) mass is 383 g/mol. The van der Waals surface area contributed by atoms with Crippen molar-refractivity contribution in [2.45, 2.75) is 25.5 Å². The zero-order valence-corrected chi connectivity index (χ0v) is 15.1. The quantitative estimate of drug-likeness (QED) is 0.839. The lowest BCUT2D eigenvalue weighted by atomic mass is 9.99. The third-order valence-electron chi connectivity index (χ3n) is 4.82. The number of aromatic nitrogens is 1. The fourth-order valence-corrected chi connectivity index (χ4v) is 3.53. The van der Waals surface area contributed by atoms with Crippen molar-refractivity contribution in [3.05, 3.63) is 28.5 Å². The predicted molar refractivity (Wildman–Crippen MR) is 93.2 cm³/mol. The largest absolute Gasteiger partial charge is 0.396 e. The van der Waals surface area contributed by atoms with Gasteiger partial charge in [-0.3, -0.25) is 14.8 Å². The Labute approximate surface area is 146 Å². The van der Waals surface area contributed by atoms with Crippen molar-refractivity contribution in [1.82, 2.24) is 14.8 Å². The Bertz CT molecular complexity index is 469. The van der Waals surface area contributed by atoms with E-state index in [2.05, 4.69) is 42.8 Å². The van der Waals surface area contributed by atoms with Crippen molar-refractivity contribution in [2.24, 2.45) is 5.92 Å². The smallest absolute Gasteiger partial charge is 0.0702 e. The summed E-state index contributed by atoms with van der Waals surface area (Å²) < 4.78 is 6.92. The van der Waals surface area contributed by atoms with Crippen LogP contribution in [0.3, 0.4) is 0 Å². The Balaban J connectivity index is 1.38. The second kappa shape index (κ2) is 8.53. The highest BCUT2D eigenvalue weighted by Crippen LogP contribution is 2.20. The second-order valence-corrected chi connectivity index (χ2v) is 7.54. The number of rotatable bonds is 5. The van der Waals surface area contributed by atoms with Crippen LogP contribution in [0.1, 0.15) is 18.5 Å². The van der Waals surface area contributed by atoms with Crippen LogP contribution in [0.2, 0.25) is 0 Å². The molecule has 1 N–H and O–H groups in total. The van der Waals surface area contributed by atoms with Gasteiger partial charge in [0.1, 0.15) is 0 Å². The molecule has 0 radical (unpaired) electrons. The third-order valence-corrected chi connectivity index (χ3v) is 5.29. The van der Waals surface area contributed by atoms with Crippen LogP contribution in [0, 0.1) is 5.92 Å². The van der Waals surface area contributed by atoms with E-state index in [1.54, 1.807) is 0 Å². The molecule has 1 aromatic rings. The Morgan fingerprint density at radius 1 is 1.17 bits per heavy atom. The van der Waals surface area contributed by atoms with Gasteiger partial charge in [0.25, 0.3) is 0 Å². The van der Waals surface area contributed by atoms with Crippen molar-refractivity contribution < 1.29 is 9.84 Å². The molecule has 2 atom stereocenters. The molecule has 6 heteroatoms. The fourth-order valence-electron chi connectivity index (χ4n) is 3.30. The number of ether oxygens (including phenoxy) is 1. The lowest BCUT2D eigenvalue weighted by Crippen LogP contribution is -2.49. The van der Waals surface area contributed by atoms with Crippen molar-refractivity contribution >= 4 is 15.9 Å². The molecule has 0 saturated carbocycles. The zero-order valence-electron chi connectivity index (χ0n) is 13.5. The van der Waals surface area contributed by atoms with Crippen LogP contribution in [0.15, 0.2) is 22.8 Å². The van der Waals surface area contributed by atoms with E-state index in [-0.39, 0.29) is 6.61 Å². The molecule has 3 rings (SSSR count). The zero-order chi connectivity index (χ0) is 16.1. The van der Waals surface area contributed by atoms with Gasteiger partial charge >= 0.3 is 0 Å². The molecular weight excluding hydrogens is 358 g/mol. The second-order valence-electron chi connectivity index (χ2n) is 6.63. The van der Waals surface area contributed by atoms with Gasteiger partial charge in [0.15, 0.2) is 0 Å². The van der Waals surface area contributed by atoms with E-state index in [9.17, 15) is 0 Å². The molecule has 0 spiro atoms. The van der Waals surface area contributed by atoms with Crippen LogP contribution in [0.25, 0.3) is 0 Å². The average molecular weight is 384 g/mol. The van der Waals surface area contributed by atoms with Crippen molar-refractivity contribution in [1.29, 1.82) is 0 Å². The molecule has 2 saturated heterocycles. The van der Waals surface area contributed by atoms with Crippen LogP contribution >= 0.6 is 15.9 Å². The highest BCUT2D eigenvalue weighted by atomic mass is 79.9. The summed E-state index contributed by atoms with van der Waals surface area (Å²) in [5, 5.41) is 9.16. The van der Waals surface area contributed by atoms with Crippen LogP contribution in [0.4, 0.5) is 0 Å². The van der Waals surface area contributed by atoms with Gasteiger partial charge in [-0.1, -0.05) is 0 Å². The molecule has 2 aliphatic rings. The summed E-state index contributed by atoms with van der Waals surface area (Å²) in [6.45, 7) is 7.31. The van der Waals surface area contributed by atoms with Gasteiger partial charge in [-0.25, -0.2) is 0 Å². The molecule has 5 nitrogen and oxygen atoms in total. The Kier molecular flexibility index (Phi) is 6.42. The number of pyridine rings is 1. The van der Waals surface area contributed by atoms with E-state index in [0.29, 0.717) is 12.0 Å². The van der Waals surface area contributed by atoms with Crippen LogP contribution in [-0.2, 0) is 11.3 Å². The minimum atomic E-state index is 0.259. The van der Waals surface area contributed by atoms with E-state index in [0.717, 1.165) is 68.9 Å². The van der Waals surface area contributed by atoms with Gasteiger partial charge in [0, 0.05) is 62.5 Å². The first kappa shape index (κ1) is 17.3. The summed E-state index contributed by atoms with van der Waals surface area (Å²) >= 11 is 3.43. The highest BCUT2D eigenvalue weighted by molar-refractivity contribution is 9.10. The van der Waals surface area contributed by atoms with Gasteiger partial charge in [0.2, 0.25) is 0 Å².